The van der Waals surface area contributed by atoms with Gasteiger partial charge in [-0.2, -0.15) is 4.98 Å². The van der Waals surface area contributed by atoms with E-state index in [0.29, 0.717) is 23.0 Å². The first kappa shape index (κ1) is 20.8. The van der Waals surface area contributed by atoms with Gasteiger partial charge in [-0.3, -0.25) is 4.79 Å². The number of carbonyl (C=O) groups is 1. The van der Waals surface area contributed by atoms with Crippen LogP contribution in [0.25, 0.3) is 22.2 Å². The van der Waals surface area contributed by atoms with Gasteiger partial charge in [0.1, 0.15) is 5.75 Å². The van der Waals surface area contributed by atoms with Crippen molar-refractivity contribution in [2.75, 3.05) is 6.61 Å². The van der Waals surface area contributed by atoms with Crippen LogP contribution >= 0.6 is 0 Å². The summed E-state index contributed by atoms with van der Waals surface area (Å²) in [6.07, 6.45) is 3.35. The van der Waals surface area contributed by atoms with Crippen molar-refractivity contribution < 1.29 is 14.1 Å². The molecule has 0 saturated heterocycles. The quantitative estimate of drug-likeness (QED) is 0.295. The monoisotopic (exact) mass is 414 g/mol. The first-order chi connectivity index (χ1) is 15.1. The number of ether oxygens (including phenoxy) is 1. The van der Waals surface area contributed by atoms with Gasteiger partial charge in [-0.1, -0.05) is 80.4 Å². The molecule has 4 rings (SSSR count). The summed E-state index contributed by atoms with van der Waals surface area (Å²) >= 11 is 0. The van der Waals surface area contributed by atoms with Crippen molar-refractivity contribution in [1.82, 2.24) is 10.1 Å². The number of hydrogen-bond donors (Lipinski definition) is 0. The fourth-order valence-corrected chi connectivity index (χ4v) is 3.50. The summed E-state index contributed by atoms with van der Waals surface area (Å²) < 4.78 is 11.2. The van der Waals surface area contributed by atoms with Gasteiger partial charge in [-0.05, 0) is 35.4 Å². The average Bonchev–Trinajstić information content (AvgIpc) is 3.31. The third-order valence-electron chi connectivity index (χ3n) is 5.39. The molecule has 0 bridgehead atoms. The van der Waals surface area contributed by atoms with Crippen LogP contribution in [-0.2, 0) is 0 Å². The van der Waals surface area contributed by atoms with Crippen LogP contribution in [0.5, 0.6) is 5.75 Å². The van der Waals surface area contributed by atoms with E-state index in [-0.39, 0.29) is 18.3 Å². The Morgan fingerprint density at radius 2 is 1.81 bits per heavy atom. The maximum absolute atomic E-state index is 12.2. The molecule has 1 atom stereocenters. The van der Waals surface area contributed by atoms with E-state index in [1.807, 2.05) is 54.6 Å². The minimum absolute atomic E-state index is 0.00938. The van der Waals surface area contributed by atoms with Crippen molar-refractivity contribution in [1.29, 1.82) is 0 Å². The van der Waals surface area contributed by atoms with E-state index in [1.165, 1.54) is 0 Å². The number of unbranched alkanes of at least 4 members (excludes halogenated alkanes) is 1. The topological polar surface area (TPSA) is 65.2 Å². The van der Waals surface area contributed by atoms with E-state index < -0.39 is 0 Å². The molecule has 3 aromatic carbocycles. The van der Waals surface area contributed by atoms with Gasteiger partial charge in [0.05, 0.1) is 0 Å². The van der Waals surface area contributed by atoms with Crippen LogP contribution in [0.1, 0.15) is 55.3 Å². The molecule has 0 amide bonds. The third-order valence-corrected chi connectivity index (χ3v) is 5.39. The van der Waals surface area contributed by atoms with Crippen molar-refractivity contribution in [3.8, 4) is 17.1 Å². The fraction of sp³-hybridized carbons (Fsp3) is 0.269. The summed E-state index contributed by atoms with van der Waals surface area (Å²) in [6, 6.07) is 21.0. The Hall–Kier alpha value is -3.47. The molecule has 1 heterocycles. The van der Waals surface area contributed by atoms with E-state index in [0.717, 1.165) is 35.6 Å². The summed E-state index contributed by atoms with van der Waals surface area (Å²) in [4.78, 5) is 16.8. The van der Waals surface area contributed by atoms with Crippen LogP contribution in [0, 0.1) is 0 Å². The molecule has 0 N–H and O–H groups in total. The lowest BCUT2D eigenvalue weighted by atomic mass is 10.0. The fourth-order valence-electron chi connectivity index (χ4n) is 3.50. The molecule has 5 nitrogen and oxygen atoms in total. The molecule has 31 heavy (non-hydrogen) atoms. The van der Waals surface area contributed by atoms with Crippen LogP contribution < -0.4 is 4.74 Å². The minimum Gasteiger partial charge on any atom is -0.485 e. The zero-order chi connectivity index (χ0) is 21.6. The van der Waals surface area contributed by atoms with Gasteiger partial charge in [0.25, 0.3) is 0 Å². The zero-order valence-electron chi connectivity index (χ0n) is 17.9. The van der Waals surface area contributed by atoms with Crippen LogP contribution in [0.3, 0.4) is 0 Å². The number of aromatic nitrogens is 2. The molecular weight excluding hydrogens is 388 g/mol. The number of rotatable bonds is 9. The summed E-state index contributed by atoms with van der Waals surface area (Å²) in [7, 11) is 0. The maximum Gasteiger partial charge on any atom is 0.229 e. The Bertz CT molecular complexity index is 1170. The lowest BCUT2D eigenvalue weighted by Crippen LogP contribution is -2.11. The van der Waals surface area contributed by atoms with Gasteiger partial charge in [-0.15, -0.1) is 0 Å². The average molecular weight is 415 g/mol. The van der Waals surface area contributed by atoms with Crippen molar-refractivity contribution in [3.05, 3.63) is 78.2 Å². The van der Waals surface area contributed by atoms with Crippen LogP contribution in [-0.4, -0.2) is 22.5 Å². The number of ketones is 1. The zero-order valence-corrected chi connectivity index (χ0v) is 17.9. The second-order valence-corrected chi connectivity index (χ2v) is 7.80. The normalized spacial score (nSPS) is 12.1. The Kier molecular flexibility index (Phi) is 6.41. The predicted octanol–water partition coefficient (Wildman–Crippen LogP) is 6.45. The van der Waals surface area contributed by atoms with E-state index in [4.69, 9.17) is 9.26 Å². The van der Waals surface area contributed by atoms with Crippen molar-refractivity contribution >= 4 is 16.6 Å². The Morgan fingerprint density at radius 1 is 1.03 bits per heavy atom. The number of Topliss-reactive ketones (excluding diaryl/α,β-unsaturated/α-hetero) is 1. The summed E-state index contributed by atoms with van der Waals surface area (Å²) in [5.41, 5.74) is 1.56. The Morgan fingerprint density at radius 3 is 2.61 bits per heavy atom. The molecule has 0 spiro atoms. The minimum atomic E-state index is -0.0443. The van der Waals surface area contributed by atoms with Crippen LogP contribution in [0.15, 0.2) is 71.3 Å². The van der Waals surface area contributed by atoms with Gasteiger partial charge in [0.2, 0.25) is 11.7 Å². The molecule has 0 aliphatic rings. The predicted molar refractivity (Wildman–Crippen MR) is 121 cm³/mol. The molecule has 1 unspecified atom stereocenters. The van der Waals surface area contributed by atoms with E-state index in [2.05, 4.69) is 24.0 Å². The lowest BCUT2D eigenvalue weighted by Gasteiger charge is -2.07. The van der Waals surface area contributed by atoms with Gasteiger partial charge >= 0.3 is 0 Å². The highest BCUT2D eigenvalue weighted by molar-refractivity contribution is 5.97. The molecule has 0 radical (unpaired) electrons. The summed E-state index contributed by atoms with van der Waals surface area (Å²) in [5.74, 6) is 2.18. The third kappa shape index (κ3) is 5.00. The Labute approximate surface area is 182 Å². The summed E-state index contributed by atoms with van der Waals surface area (Å²) in [6.45, 7) is 4.31. The molecule has 158 valence electrons. The molecule has 0 fully saturated rings. The Balaban J connectivity index is 1.46. The van der Waals surface area contributed by atoms with Gasteiger partial charge in [0, 0.05) is 17.0 Å². The van der Waals surface area contributed by atoms with E-state index in [9.17, 15) is 4.79 Å². The van der Waals surface area contributed by atoms with Crippen LogP contribution in [0.2, 0.25) is 0 Å². The van der Waals surface area contributed by atoms with E-state index >= 15 is 0 Å². The molecular formula is C26H26N2O3. The smallest absolute Gasteiger partial charge is 0.229 e. The lowest BCUT2D eigenvalue weighted by molar-refractivity contribution is 0.0921. The number of benzene rings is 3. The summed E-state index contributed by atoms with van der Waals surface area (Å²) in [5, 5.41) is 6.24. The number of fused-ring (bicyclic) bond motifs is 1. The van der Waals surface area contributed by atoms with E-state index in [1.54, 1.807) is 12.1 Å². The molecule has 0 aliphatic carbocycles. The highest BCUT2D eigenvalue weighted by Gasteiger charge is 2.15. The second-order valence-electron chi connectivity index (χ2n) is 7.80. The maximum atomic E-state index is 12.2. The van der Waals surface area contributed by atoms with Crippen molar-refractivity contribution in [2.45, 2.75) is 39.0 Å². The highest BCUT2D eigenvalue weighted by Crippen LogP contribution is 2.27. The van der Waals surface area contributed by atoms with Crippen molar-refractivity contribution in [2.24, 2.45) is 0 Å². The van der Waals surface area contributed by atoms with Crippen molar-refractivity contribution in [3.63, 3.8) is 0 Å². The first-order valence-corrected chi connectivity index (χ1v) is 10.7. The number of carbonyl (C=O) groups excluding carboxylic acids is 1. The standard InChI is InChI=1S/C26H26N2O3/c1-3-4-8-18(2)26-27-25(28-31-26)22-12-11-21-16-23(14-13-20(21)15-22)30-17-24(29)19-9-6-5-7-10-19/h5-7,9-16,18H,3-4,8,17H2,1-2H3. The van der Waals surface area contributed by atoms with Gasteiger partial charge in [0.15, 0.2) is 12.4 Å². The van der Waals surface area contributed by atoms with Crippen LogP contribution in [0.4, 0.5) is 0 Å². The second kappa shape index (κ2) is 9.56. The molecule has 0 aliphatic heterocycles. The SMILES string of the molecule is CCCCC(C)c1nc(-c2ccc3cc(OCC(=O)c4ccccc4)ccc3c2)no1. The number of hydrogen-bond acceptors (Lipinski definition) is 5. The molecule has 4 aromatic rings. The van der Waals surface area contributed by atoms with Gasteiger partial charge in [-0.25, -0.2) is 0 Å². The highest BCUT2D eigenvalue weighted by atomic mass is 16.5. The molecule has 0 saturated carbocycles. The molecule has 1 aromatic heterocycles. The van der Waals surface area contributed by atoms with Gasteiger partial charge < -0.3 is 9.26 Å². The number of nitrogens with zero attached hydrogens (tertiary/aromatic N) is 2. The molecule has 5 heteroatoms. The largest absolute Gasteiger partial charge is 0.485 e. The first-order valence-electron chi connectivity index (χ1n) is 10.7.